The molecule has 0 amide bonds. The topological polar surface area (TPSA) is 83.6 Å². The maximum absolute atomic E-state index is 11.1. The SMILES string of the molecule is CC(C)(CN1C=CCc2cc(N)c(Cl)cc21)CS(=O)(=O)O. The molecule has 1 aromatic rings. The lowest BCUT2D eigenvalue weighted by molar-refractivity contribution is 0.395. The van der Waals surface area contributed by atoms with Crippen LogP contribution in [-0.2, 0) is 16.5 Å². The van der Waals surface area contributed by atoms with Crippen LogP contribution >= 0.6 is 11.6 Å². The summed E-state index contributed by atoms with van der Waals surface area (Å²) in [5, 5.41) is 0.474. The van der Waals surface area contributed by atoms with Crippen molar-refractivity contribution < 1.29 is 13.0 Å². The zero-order chi connectivity index (χ0) is 15.8. The van der Waals surface area contributed by atoms with Crippen molar-refractivity contribution in [2.45, 2.75) is 20.3 Å². The number of rotatable bonds is 4. The van der Waals surface area contributed by atoms with E-state index in [1.165, 1.54) is 0 Å². The average molecular weight is 331 g/mol. The largest absolute Gasteiger partial charge is 0.398 e. The van der Waals surface area contributed by atoms with Crippen molar-refractivity contribution in [3.63, 3.8) is 0 Å². The van der Waals surface area contributed by atoms with Crippen LogP contribution in [0.5, 0.6) is 0 Å². The van der Waals surface area contributed by atoms with E-state index < -0.39 is 15.5 Å². The Balaban J connectivity index is 2.29. The molecule has 21 heavy (non-hydrogen) atoms. The number of halogens is 1. The van der Waals surface area contributed by atoms with Crippen LogP contribution in [-0.4, -0.2) is 25.3 Å². The Morgan fingerprint density at radius 3 is 2.71 bits per heavy atom. The van der Waals surface area contributed by atoms with Gasteiger partial charge in [0.2, 0.25) is 0 Å². The minimum Gasteiger partial charge on any atom is -0.398 e. The van der Waals surface area contributed by atoms with Crippen LogP contribution in [0.4, 0.5) is 11.4 Å². The smallest absolute Gasteiger partial charge is 0.265 e. The van der Waals surface area contributed by atoms with Gasteiger partial charge in [0.25, 0.3) is 10.1 Å². The van der Waals surface area contributed by atoms with Gasteiger partial charge in [0.05, 0.1) is 16.5 Å². The Morgan fingerprint density at radius 2 is 2.10 bits per heavy atom. The van der Waals surface area contributed by atoms with Gasteiger partial charge in [0, 0.05) is 18.4 Å². The molecule has 1 aliphatic heterocycles. The average Bonchev–Trinajstić information content (AvgIpc) is 2.28. The van der Waals surface area contributed by atoms with Gasteiger partial charge >= 0.3 is 0 Å². The van der Waals surface area contributed by atoms with Gasteiger partial charge < -0.3 is 10.6 Å². The van der Waals surface area contributed by atoms with Crippen molar-refractivity contribution in [1.29, 1.82) is 0 Å². The number of nitrogens with two attached hydrogens (primary N) is 1. The highest BCUT2D eigenvalue weighted by atomic mass is 35.5. The third-order valence-corrected chi connectivity index (χ3v) is 4.78. The first kappa shape index (κ1) is 16.1. The van der Waals surface area contributed by atoms with E-state index in [1.54, 1.807) is 19.9 Å². The number of fused-ring (bicyclic) bond motifs is 1. The summed E-state index contributed by atoms with van der Waals surface area (Å²) in [6.45, 7) is 4.03. The summed E-state index contributed by atoms with van der Waals surface area (Å²) in [4.78, 5) is 1.94. The van der Waals surface area contributed by atoms with Crippen LogP contribution in [0.3, 0.4) is 0 Å². The molecular formula is C14H19ClN2O3S. The molecule has 3 N–H and O–H groups in total. The molecule has 1 aromatic carbocycles. The number of nitrogen functional groups attached to an aromatic ring is 1. The van der Waals surface area contributed by atoms with Gasteiger partial charge in [-0.25, -0.2) is 0 Å². The van der Waals surface area contributed by atoms with E-state index in [-0.39, 0.29) is 5.75 Å². The number of allylic oxidation sites excluding steroid dienone is 1. The van der Waals surface area contributed by atoms with E-state index in [9.17, 15) is 8.42 Å². The molecule has 0 radical (unpaired) electrons. The van der Waals surface area contributed by atoms with Crippen LogP contribution in [0.2, 0.25) is 5.02 Å². The van der Waals surface area contributed by atoms with Crippen molar-refractivity contribution in [3.05, 3.63) is 35.0 Å². The van der Waals surface area contributed by atoms with E-state index >= 15 is 0 Å². The molecule has 0 bridgehead atoms. The summed E-state index contributed by atoms with van der Waals surface area (Å²) in [6.07, 6.45) is 4.64. The summed E-state index contributed by atoms with van der Waals surface area (Å²) in [7, 11) is -4.02. The van der Waals surface area contributed by atoms with Gasteiger partial charge in [0.1, 0.15) is 0 Å². The molecule has 0 saturated heterocycles. The van der Waals surface area contributed by atoms with Gasteiger partial charge in [0.15, 0.2) is 0 Å². The quantitative estimate of drug-likeness (QED) is 0.655. The van der Waals surface area contributed by atoms with Gasteiger partial charge in [-0.1, -0.05) is 31.5 Å². The number of hydrogen-bond acceptors (Lipinski definition) is 4. The third kappa shape index (κ3) is 4.12. The molecule has 0 fully saturated rings. The lowest BCUT2D eigenvalue weighted by Gasteiger charge is -2.34. The molecule has 0 saturated carbocycles. The van der Waals surface area contributed by atoms with Crippen molar-refractivity contribution in [2.24, 2.45) is 5.41 Å². The maximum atomic E-state index is 11.1. The molecule has 0 unspecified atom stereocenters. The van der Waals surface area contributed by atoms with Crippen LogP contribution in [0.15, 0.2) is 24.4 Å². The third-order valence-electron chi connectivity index (χ3n) is 3.30. The fourth-order valence-electron chi connectivity index (χ4n) is 2.58. The molecule has 7 heteroatoms. The molecule has 0 spiro atoms. The van der Waals surface area contributed by atoms with E-state index in [0.29, 0.717) is 17.3 Å². The molecule has 0 aliphatic carbocycles. The van der Waals surface area contributed by atoms with Crippen molar-refractivity contribution in [3.8, 4) is 0 Å². The van der Waals surface area contributed by atoms with E-state index in [2.05, 4.69) is 0 Å². The van der Waals surface area contributed by atoms with Gasteiger partial charge in [-0.15, -0.1) is 0 Å². The van der Waals surface area contributed by atoms with Crippen molar-refractivity contribution in [1.82, 2.24) is 0 Å². The molecule has 1 aliphatic rings. The normalized spacial score (nSPS) is 15.1. The highest BCUT2D eigenvalue weighted by Crippen LogP contribution is 2.34. The number of anilines is 2. The van der Waals surface area contributed by atoms with Gasteiger partial charge in [-0.2, -0.15) is 8.42 Å². The zero-order valence-corrected chi connectivity index (χ0v) is 13.6. The summed E-state index contributed by atoms with van der Waals surface area (Å²) in [5.74, 6) is -0.303. The summed E-state index contributed by atoms with van der Waals surface area (Å²) < 4.78 is 31.3. The predicted octanol–water partition coefficient (Wildman–Crippen LogP) is 2.71. The highest BCUT2D eigenvalue weighted by molar-refractivity contribution is 7.85. The maximum Gasteiger partial charge on any atom is 0.265 e. The van der Waals surface area contributed by atoms with Gasteiger partial charge in [-0.05, 0) is 29.5 Å². The second-order valence-electron chi connectivity index (χ2n) is 6.11. The fraction of sp³-hybridized carbons (Fsp3) is 0.429. The van der Waals surface area contributed by atoms with Crippen molar-refractivity contribution >= 4 is 33.1 Å². The second-order valence-corrected chi connectivity index (χ2v) is 7.97. The molecule has 0 aromatic heterocycles. The predicted molar refractivity (Wildman–Crippen MR) is 86.3 cm³/mol. The Labute approximate surface area is 130 Å². The Bertz CT molecular complexity index is 684. The van der Waals surface area contributed by atoms with Gasteiger partial charge in [-0.3, -0.25) is 4.55 Å². The van der Waals surface area contributed by atoms with E-state index in [0.717, 1.165) is 17.7 Å². The summed E-state index contributed by atoms with van der Waals surface area (Å²) >= 11 is 6.08. The van der Waals surface area contributed by atoms with Crippen LogP contribution in [0.25, 0.3) is 0 Å². The Kier molecular flexibility index (Phi) is 4.24. The molecule has 0 atom stereocenters. The Morgan fingerprint density at radius 1 is 1.43 bits per heavy atom. The van der Waals surface area contributed by atoms with Crippen molar-refractivity contribution in [2.75, 3.05) is 22.9 Å². The standard InChI is InChI=1S/C14H19ClN2O3S/c1-14(2,9-21(18,19)20)8-17-5-3-4-10-6-12(16)11(15)7-13(10)17/h3,5-7H,4,8-9,16H2,1-2H3,(H,18,19,20). The van der Waals surface area contributed by atoms with Crippen LogP contribution in [0, 0.1) is 5.41 Å². The van der Waals surface area contributed by atoms with E-state index in [4.69, 9.17) is 21.9 Å². The number of benzene rings is 1. The molecule has 5 nitrogen and oxygen atoms in total. The van der Waals surface area contributed by atoms with E-state index in [1.807, 2.05) is 23.2 Å². The first-order chi connectivity index (χ1) is 9.57. The zero-order valence-electron chi connectivity index (χ0n) is 12.0. The fourth-order valence-corrected chi connectivity index (χ4v) is 3.82. The number of nitrogens with zero attached hydrogens (tertiary/aromatic N) is 1. The monoisotopic (exact) mass is 330 g/mol. The molecule has 116 valence electrons. The first-order valence-corrected chi connectivity index (χ1v) is 8.52. The number of hydrogen-bond donors (Lipinski definition) is 2. The van der Waals surface area contributed by atoms with Crippen LogP contribution < -0.4 is 10.6 Å². The second kappa shape index (κ2) is 5.51. The highest BCUT2D eigenvalue weighted by Gasteiger charge is 2.28. The lowest BCUT2D eigenvalue weighted by atomic mass is 9.94. The summed E-state index contributed by atoms with van der Waals surface area (Å²) in [5.41, 5.74) is 7.69. The minimum atomic E-state index is -4.02. The molecule has 2 rings (SSSR count). The molecule has 1 heterocycles. The van der Waals surface area contributed by atoms with Crippen LogP contribution in [0.1, 0.15) is 19.4 Å². The summed E-state index contributed by atoms with van der Waals surface area (Å²) in [6, 6.07) is 3.63. The lowest BCUT2D eigenvalue weighted by Crippen LogP contribution is -2.37. The molecular weight excluding hydrogens is 312 g/mol. The Hall–Kier alpha value is -1.24. The minimum absolute atomic E-state index is 0.303. The first-order valence-electron chi connectivity index (χ1n) is 6.54.